The maximum Gasteiger partial charge on any atom is 0.144 e. The third kappa shape index (κ3) is 2.85. The number of methoxy groups -OCH3 is 1. The summed E-state index contributed by atoms with van der Waals surface area (Å²) in [5.41, 5.74) is 2.25. The lowest BCUT2D eigenvalue weighted by atomic mass is 10.1. The Bertz CT molecular complexity index is 702. The number of benzene rings is 1. The van der Waals surface area contributed by atoms with Gasteiger partial charge in [0.25, 0.3) is 0 Å². The number of nitrogens with zero attached hydrogens (tertiary/aromatic N) is 4. The molecular formula is C17H21BrN4O. The number of piperazine rings is 1. The van der Waals surface area contributed by atoms with Gasteiger partial charge in [-0.05, 0) is 47.4 Å². The maximum absolute atomic E-state index is 5.63. The number of anilines is 1. The molecule has 0 unspecified atom stereocenters. The molecule has 0 aliphatic carbocycles. The van der Waals surface area contributed by atoms with Gasteiger partial charge >= 0.3 is 0 Å². The second kappa shape index (κ2) is 6.17. The van der Waals surface area contributed by atoms with E-state index < -0.39 is 0 Å². The van der Waals surface area contributed by atoms with Gasteiger partial charge in [0.05, 0.1) is 12.8 Å². The van der Waals surface area contributed by atoms with E-state index in [1.807, 2.05) is 10.8 Å². The number of hydrogen-bond donors (Lipinski definition) is 0. The summed E-state index contributed by atoms with van der Waals surface area (Å²) in [4.78, 5) is 9.34. The monoisotopic (exact) mass is 376 g/mol. The van der Waals surface area contributed by atoms with Crippen LogP contribution >= 0.6 is 15.9 Å². The molecule has 2 aromatic rings. The first-order valence-electron chi connectivity index (χ1n) is 8.11. The number of aromatic nitrogens is 2. The summed E-state index contributed by atoms with van der Waals surface area (Å²) in [6.07, 6.45) is 6.40. The van der Waals surface area contributed by atoms with E-state index in [2.05, 4.69) is 48.9 Å². The van der Waals surface area contributed by atoms with Crippen LogP contribution in [0.3, 0.4) is 0 Å². The van der Waals surface area contributed by atoms with Gasteiger partial charge in [0.15, 0.2) is 0 Å². The van der Waals surface area contributed by atoms with Crippen molar-refractivity contribution in [3.8, 4) is 11.4 Å². The van der Waals surface area contributed by atoms with Crippen molar-refractivity contribution < 1.29 is 4.74 Å². The van der Waals surface area contributed by atoms with Gasteiger partial charge < -0.3 is 14.2 Å². The Morgan fingerprint density at radius 1 is 1.26 bits per heavy atom. The molecule has 0 radical (unpaired) electrons. The van der Waals surface area contributed by atoms with Crippen LogP contribution in [0.1, 0.15) is 12.8 Å². The highest BCUT2D eigenvalue weighted by Crippen LogP contribution is 2.31. The zero-order chi connectivity index (χ0) is 15.8. The Hall–Kier alpha value is -1.53. The fourth-order valence-corrected chi connectivity index (χ4v) is 4.04. The molecule has 2 aliphatic rings. The predicted molar refractivity (Wildman–Crippen MR) is 94.6 cm³/mol. The zero-order valence-electron chi connectivity index (χ0n) is 13.3. The summed E-state index contributed by atoms with van der Waals surface area (Å²) in [5, 5.41) is 0. The van der Waals surface area contributed by atoms with Gasteiger partial charge in [-0.15, -0.1) is 0 Å². The van der Waals surface area contributed by atoms with Gasteiger partial charge in [-0.25, -0.2) is 4.98 Å². The highest BCUT2D eigenvalue weighted by Gasteiger charge is 2.30. The molecule has 2 saturated heterocycles. The molecule has 4 rings (SSSR count). The number of rotatable bonds is 3. The molecule has 0 spiro atoms. The Morgan fingerprint density at radius 3 is 2.96 bits per heavy atom. The fourth-order valence-electron chi connectivity index (χ4n) is 3.73. The molecule has 1 aromatic carbocycles. The summed E-state index contributed by atoms with van der Waals surface area (Å²) in [7, 11) is 1.73. The second-order valence-corrected chi connectivity index (χ2v) is 7.05. The lowest BCUT2D eigenvalue weighted by Gasteiger charge is -2.39. The van der Waals surface area contributed by atoms with Crippen LogP contribution in [0.2, 0.25) is 0 Å². The molecule has 1 atom stereocenters. The number of hydrogen-bond acceptors (Lipinski definition) is 4. The minimum atomic E-state index is 0.721. The smallest absolute Gasteiger partial charge is 0.144 e. The Balaban J connectivity index is 1.60. The molecule has 23 heavy (non-hydrogen) atoms. The lowest BCUT2D eigenvalue weighted by Crippen LogP contribution is -2.50. The van der Waals surface area contributed by atoms with E-state index in [9.17, 15) is 0 Å². The van der Waals surface area contributed by atoms with Crippen LogP contribution in [-0.2, 0) is 0 Å². The molecule has 5 nitrogen and oxygen atoms in total. The number of halogens is 1. The molecule has 3 heterocycles. The summed E-state index contributed by atoms with van der Waals surface area (Å²) < 4.78 is 8.42. The molecule has 6 heteroatoms. The minimum Gasteiger partial charge on any atom is -0.494 e. The van der Waals surface area contributed by atoms with Crippen molar-refractivity contribution in [1.29, 1.82) is 0 Å². The highest BCUT2D eigenvalue weighted by atomic mass is 79.9. The lowest BCUT2D eigenvalue weighted by molar-refractivity contribution is 0.231. The molecule has 2 aliphatic heterocycles. The Morgan fingerprint density at radius 2 is 2.17 bits per heavy atom. The first kappa shape index (κ1) is 15.0. The Kier molecular flexibility index (Phi) is 4.03. The molecule has 122 valence electrons. The highest BCUT2D eigenvalue weighted by molar-refractivity contribution is 9.10. The number of imidazole rings is 1. The van der Waals surface area contributed by atoms with Gasteiger partial charge in [0, 0.05) is 43.6 Å². The van der Waals surface area contributed by atoms with Crippen LogP contribution in [0.15, 0.2) is 35.3 Å². The van der Waals surface area contributed by atoms with E-state index in [1.165, 1.54) is 31.6 Å². The number of ether oxygens (including phenoxy) is 1. The van der Waals surface area contributed by atoms with Crippen molar-refractivity contribution in [1.82, 2.24) is 14.5 Å². The normalized spacial score (nSPS) is 21.5. The quantitative estimate of drug-likeness (QED) is 0.824. The third-order valence-electron chi connectivity index (χ3n) is 4.95. The molecular weight excluding hydrogens is 356 g/mol. The molecule has 0 saturated carbocycles. The second-order valence-electron chi connectivity index (χ2n) is 6.24. The average Bonchev–Trinajstić information content (AvgIpc) is 3.22. The van der Waals surface area contributed by atoms with Gasteiger partial charge in [-0.3, -0.25) is 4.90 Å². The molecule has 0 N–H and O–H groups in total. The van der Waals surface area contributed by atoms with E-state index in [4.69, 9.17) is 4.74 Å². The first-order valence-corrected chi connectivity index (χ1v) is 8.91. The van der Waals surface area contributed by atoms with E-state index in [1.54, 1.807) is 13.4 Å². The average molecular weight is 377 g/mol. The van der Waals surface area contributed by atoms with E-state index >= 15 is 0 Å². The number of fused-ring (bicyclic) bond motifs is 1. The summed E-state index contributed by atoms with van der Waals surface area (Å²) in [6.45, 7) is 4.66. The van der Waals surface area contributed by atoms with Crippen LogP contribution in [0, 0.1) is 0 Å². The largest absolute Gasteiger partial charge is 0.494 e. The van der Waals surface area contributed by atoms with Crippen molar-refractivity contribution >= 4 is 21.6 Å². The van der Waals surface area contributed by atoms with E-state index in [-0.39, 0.29) is 0 Å². The third-order valence-corrected chi connectivity index (χ3v) is 5.35. The van der Waals surface area contributed by atoms with Gasteiger partial charge in [-0.1, -0.05) is 0 Å². The van der Waals surface area contributed by atoms with Crippen LogP contribution < -0.4 is 9.64 Å². The summed E-state index contributed by atoms with van der Waals surface area (Å²) >= 11 is 3.39. The van der Waals surface area contributed by atoms with Crippen molar-refractivity contribution in [2.45, 2.75) is 18.9 Å². The minimum absolute atomic E-state index is 0.721. The first-order chi connectivity index (χ1) is 11.2. The SMILES string of the molecule is COc1cc(N2CCN3CCC[C@H]3C2)ccc1-n1cnc(Br)c1. The topological polar surface area (TPSA) is 33.5 Å². The van der Waals surface area contributed by atoms with Crippen molar-refractivity contribution in [2.24, 2.45) is 0 Å². The van der Waals surface area contributed by atoms with Gasteiger partial charge in [0.1, 0.15) is 16.7 Å². The Labute approximate surface area is 145 Å². The van der Waals surface area contributed by atoms with Crippen molar-refractivity contribution in [3.63, 3.8) is 0 Å². The van der Waals surface area contributed by atoms with Crippen LogP contribution in [-0.4, -0.2) is 53.8 Å². The molecule has 0 bridgehead atoms. The summed E-state index contributed by atoms with van der Waals surface area (Å²) in [5.74, 6) is 0.876. The van der Waals surface area contributed by atoms with Gasteiger partial charge in [-0.2, -0.15) is 0 Å². The van der Waals surface area contributed by atoms with Crippen molar-refractivity contribution in [3.05, 3.63) is 35.3 Å². The summed E-state index contributed by atoms with van der Waals surface area (Å²) in [6, 6.07) is 7.17. The standard InChI is InChI=1S/C17H21BrN4O/c1-23-16-9-13(4-5-15(16)22-11-17(18)19-12-22)21-8-7-20-6-2-3-14(20)10-21/h4-5,9,11-12,14H,2-3,6-8,10H2,1H3/t14-/m0/s1. The van der Waals surface area contributed by atoms with Crippen LogP contribution in [0.4, 0.5) is 5.69 Å². The molecule has 2 fully saturated rings. The van der Waals surface area contributed by atoms with Crippen LogP contribution in [0.5, 0.6) is 5.75 Å². The molecule has 1 aromatic heterocycles. The predicted octanol–water partition coefficient (Wildman–Crippen LogP) is 2.93. The van der Waals surface area contributed by atoms with E-state index in [0.717, 1.165) is 35.2 Å². The maximum atomic E-state index is 5.63. The fraction of sp³-hybridized carbons (Fsp3) is 0.471. The van der Waals surface area contributed by atoms with Gasteiger partial charge in [0.2, 0.25) is 0 Å². The van der Waals surface area contributed by atoms with E-state index in [0.29, 0.717) is 0 Å². The molecule has 0 amide bonds. The zero-order valence-corrected chi connectivity index (χ0v) is 14.9. The van der Waals surface area contributed by atoms with Crippen molar-refractivity contribution in [2.75, 3.05) is 38.2 Å². The van der Waals surface area contributed by atoms with Crippen LogP contribution in [0.25, 0.3) is 5.69 Å².